The topological polar surface area (TPSA) is 148 Å². The van der Waals surface area contributed by atoms with Crippen molar-refractivity contribution in [1.82, 2.24) is 16.3 Å². The molecule has 1 aromatic carbocycles. The Morgan fingerprint density at radius 1 is 1.10 bits per heavy atom. The van der Waals surface area contributed by atoms with Crippen molar-refractivity contribution in [2.75, 3.05) is 7.11 Å². The van der Waals surface area contributed by atoms with Gasteiger partial charge in [0.1, 0.15) is 11.5 Å². The highest BCUT2D eigenvalue weighted by Crippen LogP contribution is 2.38. The van der Waals surface area contributed by atoms with Crippen molar-refractivity contribution >= 4 is 23.6 Å². The summed E-state index contributed by atoms with van der Waals surface area (Å²) >= 11 is 0. The number of hydrogen-bond acceptors (Lipinski definition) is 6. The summed E-state index contributed by atoms with van der Waals surface area (Å²) in [7, 11) is 1.53. The van der Waals surface area contributed by atoms with E-state index in [0.29, 0.717) is 46.8 Å². The molecule has 10 heteroatoms. The molecule has 1 aliphatic carbocycles. The number of benzene rings is 1. The Morgan fingerprint density at radius 2 is 1.74 bits per heavy atom. The van der Waals surface area contributed by atoms with Gasteiger partial charge in [-0.3, -0.25) is 20.4 Å². The molecule has 31 heavy (non-hydrogen) atoms. The van der Waals surface area contributed by atoms with Crippen LogP contribution in [-0.4, -0.2) is 30.7 Å². The van der Waals surface area contributed by atoms with Crippen molar-refractivity contribution in [1.29, 1.82) is 0 Å². The van der Waals surface area contributed by atoms with Crippen molar-refractivity contribution in [3.05, 3.63) is 52.5 Å². The van der Waals surface area contributed by atoms with Crippen molar-refractivity contribution in [3.8, 4) is 5.75 Å². The fourth-order valence-corrected chi connectivity index (χ4v) is 3.53. The SMILES string of the molecule is COc1ccc(C(=O)NNC(=O)c2oc3c(c2C)/C(=N\NC(N)=O)CC(C)(C)C3)cc1. The summed E-state index contributed by atoms with van der Waals surface area (Å²) in [6, 6.07) is 5.66. The molecule has 0 fully saturated rings. The summed E-state index contributed by atoms with van der Waals surface area (Å²) < 4.78 is 10.9. The summed E-state index contributed by atoms with van der Waals surface area (Å²) in [6.45, 7) is 5.78. The van der Waals surface area contributed by atoms with E-state index in [4.69, 9.17) is 14.9 Å². The third-order valence-electron chi connectivity index (χ3n) is 4.94. The predicted molar refractivity (Wildman–Crippen MR) is 113 cm³/mol. The number of urea groups is 1. The number of amides is 4. The van der Waals surface area contributed by atoms with Crippen molar-refractivity contribution in [3.63, 3.8) is 0 Å². The zero-order valence-electron chi connectivity index (χ0n) is 17.8. The zero-order valence-corrected chi connectivity index (χ0v) is 17.8. The van der Waals surface area contributed by atoms with E-state index >= 15 is 0 Å². The van der Waals surface area contributed by atoms with Crippen LogP contribution in [0.25, 0.3) is 0 Å². The van der Waals surface area contributed by atoms with E-state index in [1.807, 2.05) is 13.8 Å². The normalized spacial score (nSPS) is 15.7. The first-order chi connectivity index (χ1) is 14.6. The molecule has 0 saturated carbocycles. The van der Waals surface area contributed by atoms with Gasteiger partial charge in [0, 0.05) is 23.1 Å². The summed E-state index contributed by atoms with van der Waals surface area (Å²) in [6.07, 6.45) is 1.15. The second-order valence-electron chi connectivity index (χ2n) is 8.04. The third kappa shape index (κ3) is 4.85. The zero-order chi connectivity index (χ0) is 22.8. The average molecular weight is 427 g/mol. The van der Waals surface area contributed by atoms with E-state index in [0.717, 1.165) is 0 Å². The number of hydrazine groups is 1. The molecule has 0 atom stereocenters. The number of nitrogens with zero attached hydrogens (tertiary/aromatic N) is 1. The van der Waals surface area contributed by atoms with E-state index < -0.39 is 17.8 Å². The molecule has 1 aromatic heterocycles. The lowest BCUT2D eigenvalue weighted by molar-refractivity contribution is 0.0828. The Morgan fingerprint density at radius 3 is 2.35 bits per heavy atom. The first-order valence-corrected chi connectivity index (χ1v) is 9.60. The number of fused-ring (bicyclic) bond motifs is 1. The predicted octanol–water partition coefficient (Wildman–Crippen LogP) is 2.02. The molecule has 4 amide bonds. The average Bonchev–Trinajstić information content (AvgIpc) is 3.05. The number of ether oxygens (including phenoxy) is 1. The molecule has 0 unspecified atom stereocenters. The highest BCUT2D eigenvalue weighted by Gasteiger charge is 2.36. The minimum absolute atomic E-state index is 0.0597. The summed E-state index contributed by atoms with van der Waals surface area (Å²) in [5.41, 5.74) is 14.1. The number of methoxy groups -OCH3 is 1. The van der Waals surface area contributed by atoms with Crippen LogP contribution in [0.5, 0.6) is 5.75 Å². The quantitative estimate of drug-likeness (QED) is 0.551. The van der Waals surface area contributed by atoms with Gasteiger partial charge < -0.3 is 14.9 Å². The molecule has 164 valence electrons. The summed E-state index contributed by atoms with van der Waals surface area (Å²) in [5.74, 6) is 0.172. The van der Waals surface area contributed by atoms with Gasteiger partial charge in [-0.05, 0) is 43.0 Å². The van der Waals surface area contributed by atoms with E-state index in [1.165, 1.54) is 7.11 Å². The number of furan rings is 1. The second-order valence-corrected chi connectivity index (χ2v) is 8.04. The van der Waals surface area contributed by atoms with Crippen LogP contribution in [0.4, 0.5) is 4.79 Å². The fraction of sp³-hybridized carbons (Fsp3) is 0.333. The molecule has 0 spiro atoms. The number of primary amides is 1. The fourth-order valence-electron chi connectivity index (χ4n) is 3.53. The molecular formula is C21H25N5O5. The van der Waals surface area contributed by atoms with Gasteiger partial charge in [-0.2, -0.15) is 5.10 Å². The minimum atomic E-state index is -0.780. The number of rotatable bonds is 4. The van der Waals surface area contributed by atoms with Gasteiger partial charge in [0.2, 0.25) is 0 Å². The first kappa shape index (κ1) is 21.9. The molecule has 0 saturated heterocycles. The molecule has 0 aliphatic heterocycles. The third-order valence-corrected chi connectivity index (χ3v) is 4.94. The number of nitrogens with two attached hydrogens (primary N) is 1. The van der Waals surface area contributed by atoms with Gasteiger partial charge in [0.25, 0.3) is 5.91 Å². The van der Waals surface area contributed by atoms with Crippen LogP contribution in [0.3, 0.4) is 0 Å². The van der Waals surface area contributed by atoms with E-state index in [9.17, 15) is 14.4 Å². The summed E-state index contributed by atoms with van der Waals surface area (Å²) in [5, 5.41) is 4.10. The molecular weight excluding hydrogens is 402 g/mol. The minimum Gasteiger partial charge on any atom is -0.497 e. The van der Waals surface area contributed by atoms with Gasteiger partial charge >= 0.3 is 11.9 Å². The molecule has 5 N–H and O–H groups in total. The van der Waals surface area contributed by atoms with E-state index in [2.05, 4.69) is 21.4 Å². The second kappa shape index (κ2) is 8.50. The highest BCUT2D eigenvalue weighted by atomic mass is 16.5. The van der Waals surface area contributed by atoms with E-state index in [1.54, 1.807) is 31.2 Å². The van der Waals surface area contributed by atoms with Crippen LogP contribution in [0.2, 0.25) is 0 Å². The Hall–Kier alpha value is -3.82. The molecule has 1 aliphatic rings. The lowest BCUT2D eigenvalue weighted by atomic mass is 9.75. The molecule has 3 rings (SSSR count). The molecule has 2 aromatic rings. The Balaban J connectivity index is 1.78. The number of hydrogen-bond donors (Lipinski definition) is 4. The van der Waals surface area contributed by atoms with Gasteiger partial charge in [-0.15, -0.1) is 0 Å². The maximum atomic E-state index is 12.7. The van der Waals surface area contributed by atoms with Crippen LogP contribution < -0.4 is 26.7 Å². The number of carbonyl (C=O) groups excluding carboxylic acids is 3. The van der Waals surface area contributed by atoms with Crippen molar-refractivity contribution in [2.24, 2.45) is 16.3 Å². The maximum absolute atomic E-state index is 12.7. The Kier molecular flexibility index (Phi) is 6.00. The smallest absolute Gasteiger partial charge is 0.332 e. The first-order valence-electron chi connectivity index (χ1n) is 9.60. The number of carbonyl (C=O) groups is 3. The van der Waals surface area contributed by atoms with Crippen LogP contribution in [0.1, 0.15) is 58.1 Å². The van der Waals surface area contributed by atoms with Gasteiger partial charge in [-0.25, -0.2) is 10.2 Å². The van der Waals surface area contributed by atoms with Gasteiger partial charge in [-0.1, -0.05) is 13.8 Å². The highest BCUT2D eigenvalue weighted by molar-refractivity contribution is 6.07. The van der Waals surface area contributed by atoms with Gasteiger partial charge in [0.05, 0.1) is 12.8 Å². The largest absolute Gasteiger partial charge is 0.497 e. The maximum Gasteiger partial charge on any atom is 0.332 e. The number of nitrogens with one attached hydrogen (secondary N) is 3. The lowest BCUT2D eigenvalue weighted by Crippen LogP contribution is -2.41. The van der Waals surface area contributed by atoms with Crippen LogP contribution in [0, 0.1) is 12.3 Å². The van der Waals surface area contributed by atoms with Crippen molar-refractivity contribution in [2.45, 2.75) is 33.6 Å². The number of hydrazone groups is 1. The lowest BCUT2D eigenvalue weighted by Gasteiger charge is -2.29. The standard InChI is InChI=1S/C21H25N5O5/c1-11-16-14(23-26-20(22)29)9-21(2,3)10-15(16)31-17(11)19(28)25-24-18(27)12-5-7-13(30-4)8-6-12/h5-8H,9-10H2,1-4H3,(H,24,27)(H,25,28)(H3,22,26,29)/b23-14-. The Bertz CT molecular complexity index is 1050. The van der Waals surface area contributed by atoms with E-state index in [-0.39, 0.29) is 11.2 Å². The van der Waals surface area contributed by atoms with Crippen LogP contribution in [0.15, 0.2) is 33.8 Å². The molecule has 10 nitrogen and oxygen atoms in total. The summed E-state index contributed by atoms with van der Waals surface area (Å²) in [4.78, 5) is 36.0. The molecule has 1 heterocycles. The van der Waals surface area contributed by atoms with Crippen LogP contribution >= 0.6 is 0 Å². The molecule has 0 bridgehead atoms. The Labute approximate surface area is 179 Å². The van der Waals surface area contributed by atoms with Crippen molar-refractivity contribution < 1.29 is 23.5 Å². The monoisotopic (exact) mass is 427 g/mol. The van der Waals surface area contributed by atoms with Crippen LogP contribution in [-0.2, 0) is 6.42 Å². The van der Waals surface area contributed by atoms with Gasteiger partial charge in [0.15, 0.2) is 5.76 Å². The molecule has 0 radical (unpaired) electrons.